The normalized spacial score (nSPS) is 13.2. The molecule has 2 atom stereocenters. The molecule has 0 saturated heterocycles. The molecule has 5 heteroatoms. The quantitative estimate of drug-likeness (QED) is 0.131. The smallest absolute Gasteiger partial charge is 0.309 e. The zero-order valence-corrected chi connectivity index (χ0v) is 22.0. The van der Waals surface area contributed by atoms with Gasteiger partial charge >= 0.3 is 11.9 Å². The number of hydrogen-bond acceptors (Lipinski definition) is 5. The molecule has 0 saturated carbocycles. The van der Waals surface area contributed by atoms with Crippen LogP contribution in [0.2, 0.25) is 0 Å². The minimum Gasteiger partial charge on any atom is -0.462 e. The summed E-state index contributed by atoms with van der Waals surface area (Å²) in [5.41, 5.74) is 0. The summed E-state index contributed by atoms with van der Waals surface area (Å²) in [7, 11) is 3.97. The fraction of sp³-hybridized carbons (Fsp3) is 0.926. The van der Waals surface area contributed by atoms with Gasteiger partial charge in [0.1, 0.15) is 12.7 Å². The van der Waals surface area contributed by atoms with E-state index in [0.717, 1.165) is 38.6 Å². The molecule has 32 heavy (non-hydrogen) atoms. The minimum atomic E-state index is -0.394. The average molecular weight is 456 g/mol. The van der Waals surface area contributed by atoms with Crippen LogP contribution in [-0.2, 0) is 19.1 Å². The van der Waals surface area contributed by atoms with Gasteiger partial charge in [0.05, 0.1) is 5.92 Å². The van der Waals surface area contributed by atoms with Crippen LogP contribution in [0, 0.1) is 5.92 Å². The molecule has 0 spiro atoms. The third-order valence-corrected chi connectivity index (χ3v) is 5.92. The highest BCUT2D eigenvalue weighted by Crippen LogP contribution is 2.21. The Morgan fingerprint density at radius 1 is 0.750 bits per heavy atom. The van der Waals surface area contributed by atoms with Gasteiger partial charge in [0, 0.05) is 6.42 Å². The number of carbonyl (C=O) groups excluding carboxylic acids is 2. The highest BCUT2D eigenvalue weighted by Gasteiger charge is 2.21. The molecule has 0 aromatic carbocycles. The van der Waals surface area contributed by atoms with Gasteiger partial charge in [-0.1, -0.05) is 90.9 Å². The van der Waals surface area contributed by atoms with E-state index in [1.165, 1.54) is 64.2 Å². The second-order valence-corrected chi connectivity index (χ2v) is 9.65. The van der Waals surface area contributed by atoms with Crippen molar-refractivity contribution in [3.8, 4) is 0 Å². The zero-order valence-electron chi connectivity index (χ0n) is 22.0. The van der Waals surface area contributed by atoms with Gasteiger partial charge in [-0.05, 0) is 46.8 Å². The summed E-state index contributed by atoms with van der Waals surface area (Å²) in [5, 5.41) is 0. The Morgan fingerprint density at radius 2 is 1.25 bits per heavy atom. The molecule has 0 aliphatic heterocycles. The van der Waals surface area contributed by atoms with Gasteiger partial charge < -0.3 is 14.4 Å². The molecule has 0 heterocycles. The molecule has 0 N–H and O–H groups in total. The van der Waals surface area contributed by atoms with E-state index in [-0.39, 0.29) is 24.5 Å². The lowest BCUT2D eigenvalue weighted by atomic mass is 9.94. The molecule has 0 aromatic heterocycles. The van der Waals surface area contributed by atoms with E-state index in [9.17, 15) is 9.59 Å². The maximum Gasteiger partial charge on any atom is 0.309 e. The summed E-state index contributed by atoms with van der Waals surface area (Å²) < 4.78 is 11.0. The van der Waals surface area contributed by atoms with Gasteiger partial charge in [-0.25, -0.2) is 0 Å². The summed E-state index contributed by atoms with van der Waals surface area (Å²) in [5.74, 6) is -0.344. The Bertz CT molecular complexity index is 453. The number of rotatable bonds is 22. The molecule has 0 aliphatic carbocycles. The van der Waals surface area contributed by atoms with Crippen molar-refractivity contribution in [2.24, 2.45) is 5.92 Å². The van der Waals surface area contributed by atoms with Crippen LogP contribution in [0.3, 0.4) is 0 Å². The number of esters is 2. The van der Waals surface area contributed by atoms with Crippen LogP contribution in [0.25, 0.3) is 0 Å². The molecular weight excluding hydrogens is 402 g/mol. The summed E-state index contributed by atoms with van der Waals surface area (Å²) in [6.07, 6.45) is 17.4. The molecule has 2 unspecified atom stereocenters. The van der Waals surface area contributed by atoms with Crippen LogP contribution in [0.1, 0.15) is 124 Å². The van der Waals surface area contributed by atoms with Gasteiger partial charge in [-0.15, -0.1) is 0 Å². The lowest BCUT2D eigenvalue weighted by Crippen LogP contribution is -2.26. The highest BCUT2D eigenvalue weighted by atomic mass is 16.6. The molecule has 0 radical (unpaired) electrons. The monoisotopic (exact) mass is 455 g/mol. The van der Waals surface area contributed by atoms with Crippen molar-refractivity contribution in [3.05, 3.63) is 0 Å². The molecule has 0 aliphatic rings. The van der Waals surface area contributed by atoms with E-state index in [0.29, 0.717) is 6.42 Å². The first-order valence-electron chi connectivity index (χ1n) is 13.4. The molecule has 190 valence electrons. The maximum atomic E-state index is 12.7. The summed E-state index contributed by atoms with van der Waals surface area (Å²) in [6, 6.07) is 0. The Labute approximate surface area is 199 Å². The van der Waals surface area contributed by atoms with E-state index in [1.807, 2.05) is 19.0 Å². The molecule has 0 rings (SSSR count). The second kappa shape index (κ2) is 21.7. The summed E-state index contributed by atoms with van der Waals surface area (Å²) in [4.78, 5) is 26.7. The van der Waals surface area contributed by atoms with E-state index >= 15 is 0 Å². The van der Waals surface area contributed by atoms with Gasteiger partial charge in [0.15, 0.2) is 0 Å². The molecule has 0 fully saturated rings. The summed E-state index contributed by atoms with van der Waals surface area (Å²) in [6.45, 7) is 7.27. The van der Waals surface area contributed by atoms with Crippen LogP contribution in [-0.4, -0.2) is 50.2 Å². The molecule has 0 bridgehead atoms. The van der Waals surface area contributed by atoms with Crippen molar-refractivity contribution in [1.82, 2.24) is 4.90 Å². The standard InChI is InChI=1S/C27H53NO4/c1-6-8-10-12-13-15-17-20-25(19-16-14-11-9-7-2)27(30)31-23-24(3)32-26(29)21-18-22-28(4)5/h24-25H,6-23H2,1-5H3. The third kappa shape index (κ3) is 19.6. The van der Waals surface area contributed by atoms with Crippen LogP contribution >= 0.6 is 0 Å². The van der Waals surface area contributed by atoms with E-state index in [1.54, 1.807) is 6.92 Å². The number of carbonyl (C=O) groups is 2. The number of ether oxygens (including phenoxy) is 2. The van der Waals surface area contributed by atoms with Crippen molar-refractivity contribution in [1.29, 1.82) is 0 Å². The Hall–Kier alpha value is -1.10. The number of nitrogens with zero attached hydrogens (tertiary/aromatic N) is 1. The van der Waals surface area contributed by atoms with Crippen LogP contribution < -0.4 is 0 Å². The topological polar surface area (TPSA) is 55.8 Å². The van der Waals surface area contributed by atoms with Crippen molar-refractivity contribution < 1.29 is 19.1 Å². The third-order valence-electron chi connectivity index (χ3n) is 5.92. The molecule has 5 nitrogen and oxygen atoms in total. The largest absolute Gasteiger partial charge is 0.462 e. The van der Waals surface area contributed by atoms with Gasteiger partial charge in [0.2, 0.25) is 0 Å². The second-order valence-electron chi connectivity index (χ2n) is 9.65. The first-order chi connectivity index (χ1) is 15.4. The fourth-order valence-corrected chi connectivity index (χ4v) is 3.90. The Morgan fingerprint density at radius 3 is 1.75 bits per heavy atom. The van der Waals surface area contributed by atoms with Crippen LogP contribution in [0.15, 0.2) is 0 Å². The van der Waals surface area contributed by atoms with Crippen molar-refractivity contribution >= 4 is 11.9 Å². The average Bonchev–Trinajstić information content (AvgIpc) is 2.74. The maximum absolute atomic E-state index is 12.7. The number of unbranched alkanes of at least 4 members (excludes halogenated alkanes) is 10. The minimum absolute atomic E-state index is 0.0183. The molecular formula is C27H53NO4. The van der Waals surface area contributed by atoms with Crippen molar-refractivity contribution in [3.63, 3.8) is 0 Å². The Balaban J connectivity index is 4.29. The van der Waals surface area contributed by atoms with E-state index in [2.05, 4.69) is 13.8 Å². The van der Waals surface area contributed by atoms with Crippen molar-refractivity contribution in [2.45, 2.75) is 130 Å². The van der Waals surface area contributed by atoms with E-state index in [4.69, 9.17) is 9.47 Å². The molecule has 0 aromatic rings. The van der Waals surface area contributed by atoms with Gasteiger partial charge in [0.25, 0.3) is 0 Å². The SMILES string of the molecule is CCCCCCCCCC(CCCCCCC)C(=O)OCC(C)OC(=O)CCCN(C)C. The first kappa shape index (κ1) is 30.9. The summed E-state index contributed by atoms with van der Waals surface area (Å²) >= 11 is 0. The lowest BCUT2D eigenvalue weighted by molar-refractivity contribution is -0.160. The highest BCUT2D eigenvalue weighted by molar-refractivity contribution is 5.72. The predicted molar refractivity (Wildman–Crippen MR) is 134 cm³/mol. The zero-order chi connectivity index (χ0) is 24.0. The molecule has 0 amide bonds. The Kier molecular flexibility index (Phi) is 21.0. The number of hydrogen-bond donors (Lipinski definition) is 0. The van der Waals surface area contributed by atoms with E-state index < -0.39 is 6.10 Å². The van der Waals surface area contributed by atoms with Crippen molar-refractivity contribution in [2.75, 3.05) is 27.2 Å². The lowest BCUT2D eigenvalue weighted by Gasteiger charge is -2.19. The van der Waals surface area contributed by atoms with Crippen LogP contribution in [0.5, 0.6) is 0 Å². The van der Waals surface area contributed by atoms with Gasteiger partial charge in [-0.2, -0.15) is 0 Å². The predicted octanol–water partition coefficient (Wildman–Crippen LogP) is 6.92. The van der Waals surface area contributed by atoms with Gasteiger partial charge in [-0.3, -0.25) is 9.59 Å². The van der Waals surface area contributed by atoms with Crippen LogP contribution in [0.4, 0.5) is 0 Å². The first-order valence-corrected chi connectivity index (χ1v) is 13.4. The fourth-order valence-electron chi connectivity index (χ4n) is 3.90.